The molecule has 1 N–H and O–H groups in total. The minimum absolute atomic E-state index is 0.0242. The van der Waals surface area contributed by atoms with Crippen molar-refractivity contribution in [1.29, 1.82) is 0 Å². The standard InChI is InChI=1S/C9H14O3/c1-2-8(10)6-3-4-7(5-6)9(11)12/h6-7H,2-5H2,1H3,(H,11,12)/t6-,7+/m0/s1. The van der Waals surface area contributed by atoms with E-state index in [9.17, 15) is 9.59 Å². The van der Waals surface area contributed by atoms with Crippen LogP contribution in [0.25, 0.3) is 0 Å². The van der Waals surface area contributed by atoms with Crippen molar-refractivity contribution < 1.29 is 14.7 Å². The molecule has 1 aliphatic rings. The van der Waals surface area contributed by atoms with Crippen molar-refractivity contribution in [2.24, 2.45) is 11.8 Å². The molecule has 1 fully saturated rings. The van der Waals surface area contributed by atoms with Crippen LogP contribution in [0.2, 0.25) is 0 Å². The summed E-state index contributed by atoms with van der Waals surface area (Å²) in [5.74, 6) is -0.776. The van der Waals surface area contributed by atoms with E-state index in [0.29, 0.717) is 19.3 Å². The summed E-state index contributed by atoms with van der Waals surface area (Å²) in [6.07, 6.45) is 2.54. The van der Waals surface area contributed by atoms with Crippen molar-refractivity contribution in [3.05, 3.63) is 0 Å². The first-order valence-electron chi connectivity index (χ1n) is 4.40. The lowest BCUT2D eigenvalue weighted by molar-refractivity contribution is -0.141. The van der Waals surface area contributed by atoms with E-state index in [2.05, 4.69) is 0 Å². The Labute approximate surface area is 71.8 Å². The molecule has 0 amide bonds. The van der Waals surface area contributed by atoms with Crippen molar-refractivity contribution in [2.75, 3.05) is 0 Å². The van der Waals surface area contributed by atoms with E-state index in [0.717, 1.165) is 6.42 Å². The molecule has 1 aliphatic carbocycles. The molecule has 0 saturated heterocycles. The van der Waals surface area contributed by atoms with E-state index < -0.39 is 5.97 Å². The average Bonchev–Trinajstić information content (AvgIpc) is 2.51. The van der Waals surface area contributed by atoms with E-state index in [1.807, 2.05) is 6.92 Å². The second kappa shape index (κ2) is 3.70. The highest BCUT2D eigenvalue weighted by Gasteiger charge is 2.32. The molecule has 0 unspecified atom stereocenters. The number of ketones is 1. The fourth-order valence-electron chi connectivity index (χ4n) is 1.79. The third kappa shape index (κ3) is 1.84. The number of carbonyl (C=O) groups is 2. The fourth-order valence-corrected chi connectivity index (χ4v) is 1.79. The van der Waals surface area contributed by atoms with Crippen molar-refractivity contribution in [3.63, 3.8) is 0 Å². The summed E-state index contributed by atoms with van der Waals surface area (Å²) in [6, 6.07) is 0. The molecule has 1 saturated carbocycles. The maximum atomic E-state index is 11.2. The van der Waals surface area contributed by atoms with Crippen molar-refractivity contribution >= 4 is 11.8 Å². The number of hydrogen-bond donors (Lipinski definition) is 1. The number of aliphatic carboxylic acids is 1. The van der Waals surface area contributed by atoms with Gasteiger partial charge in [0.2, 0.25) is 0 Å². The van der Waals surface area contributed by atoms with E-state index in [1.54, 1.807) is 0 Å². The monoisotopic (exact) mass is 170 g/mol. The first-order chi connectivity index (χ1) is 5.65. The second-order valence-corrected chi connectivity index (χ2v) is 3.37. The van der Waals surface area contributed by atoms with Crippen molar-refractivity contribution in [3.8, 4) is 0 Å². The van der Waals surface area contributed by atoms with Crippen LogP contribution in [-0.2, 0) is 9.59 Å². The number of carboxylic acids is 1. The lowest BCUT2D eigenvalue weighted by Gasteiger charge is -2.05. The highest BCUT2D eigenvalue weighted by molar-refractivity contribution is 5.82. The predicted octanol–water partition coefficient (Wildman–Crippen LogP) is 1.47. The zero-order valence-electron chi connectivity index (χ0n) is 7.25. The summed E-state index contributed by atoms with van der Waals surface area (Å²) in [5.41, 5.74) is 0. The molecular formula is C9H14O3. The minimum Gasteiger partial charge on any atom is -0.481 e. The van der Waals surface area contributed by atoms with Gasteiger partial charge in [-0.2, -0.15) is 0 Å². The molecule has 3 heteroatoms. The Balaban J connectivity index is 2.45. The Kier molecular flexibility index (Phi) is 2.84. The highest BCUT2D eigenvalue weighted by Crippen LogP contribution is 2.32. The Morgan fingerprint density at radius 1 is 1.33 bits per heavy atom. The van der Waals surface area contributed by atoms with Gasteiger partial charge in [-0.05, 0) is 19.3 Å². The first kappa shape index (κ1) is 9.23. The number of carbonyl (C=O) groups excluding carboxylic acids is 1. The van der Waals surface area contributed by atoms with Crippen LogP contribution in [0.15, 0.2) is 0 Å². The fraction of sp³-hybridized carbons (Fsp3) is 0.778. The summed E-state index contributed by atoms with van der Waals surface area (Å²) < 4.78 is 0. The molecule has 2 atom stereocenters. The molecule has 0 aromatic heterocycles. The van der Waals surface area contributed by atoms with Crippen LogP contribution in [0.3, 0.4) is 0 Å². The third-order valence-electron chi connectivity index (χ3n) is 2.59. The summed E-state index contributed by atoms with van der Waals surface area (Å²) in [4.78, 5) is 21.7. The van der Waals surface area contributed by atoms with Gasteiger partial charge in [-0.25, -0.2) is 0 Å². The smallest absolute Gasteiger partial charge is 0.306 e. The molecule has 12 heavy (non-hydrogen) atoms. The van der Waals surface area contributed by atoms with Gasteiger partial charge >= 0.3 is 5.97 Å². The quantitative estimate of drug-likeness (QED) is 0.697. The normalized spacial score (nSPS) is 28.8. The van der Waals surface area contributed by atoms with Crippen LogP contribution >= 0.6 is 0 Å². The molecule has 0 radical (unpaired) electrons. The second-order valence-electron chi connectivity index (χ2n) is 3.37. The lowest BCUT2D eigenvalue weighted by Crippen LogP contribution is -2.13. The van der Waals surface area contributed by atoms with E-state index in [1.165, 1.54) is 0 Å². The summed E-state index contributed by atoms with van der Waals surface area (Å²) in [7, 11) is 0. The number of hydrogen-bond acceptors (Lipinski definition) is 2. The van der Waals surface area contributed by atoms with Crippen LogP contribution in [0.1, 0.15) is 32.6 Å². The van der Waals surface area contributed by atoms with E-state index in [-0.39, 0.29) is 17.6 Å². The number of carboxylic acid groups (broad SMARTS) is 1. The molecule has 68 valence electrons. The largest absolute Gasteiger partial charge is 0.481 e. The molecular weight excluding hydrogens is 156 g/mol. The number of Topliss-reactive ketones (excluding diaryl/α,β-unsaturated/α-hetero) is 1. The number of rotatable bonds is 3. The maximum Gasteiger partial charge on any atom is 0.306 e. The SMILES string of the molecule is CCC(=O)[C@H]1CC[C@@H](C(=O)O)C1. The Hall–Kier alpha value is -0.860. The van der Waals surface area contributed by atoms with Gasteiger partial charge in [0, 0.05) is 12.3 Å². The zero-order chi connectivity index (χ0) is 9.14. The zero-order valence-corrected chi connectivity index (χ0v) is 7.25. The highest BCUT2D eigenvalue weighted by atomic mass is 16.4. The van der Waals surface area contributed by atoms with Gasteiger partial charge in [0.05, 0.1) is 5.92 Å². The predicted molar refractivity (Wildman–Crippen MR) is 43.8 cm³/mol. The van der Waals surface area contributed by atoms with Crippen molar-refractivity contribution in [1.82, 2.24) is 0 Å². The Morgan fingerprint density at radius 2 is 1.92 bits per heavy atom. The summed E-state index contributed by atoms with van der Waals surface area (Å²) >= 11 is 0. The van der Waals surface area contributed by atoms with Gasteiger partial charge in [-0.1, -0.05) is 6.92 Å². The van der Waals surface area contributed by atoms with Crippen LogP contribution in [0.4, 0.5) is 0 Å². The maximum absolute atomic E-state index is 11.2. The Bertz CT molecular complexity index is 198. The Morgan fingerprint density at radius 3 is 2.33 bits per heavy atom. The van der Waals surface area contributed by atoms with E-state index in [4.69, 9.17) is 5.11 Å². The van der Waals surface area contributed by atoms with Crippen LogP contribution in [0.5, 0.6) is 0 Å². The molecule has 0 aromatic rings. The van der Waals surface area contributed by atoms with Gasteiger partial charge in [0.25, 0.3) is 0 Å². The molecule has 0 aromatic carbocycles. The van der Waals surface area contributed by atoms with Gasteiger partial charge in [0.1, 0.15) is 5.78 Å². The summed E-state index contributed by atoms with van der Waals surface area (Å²) in [5, 5.41) is 8.67. The van der Waals surface area contributed by atoms with Crippen LogP contribution < -0.4 is 0 Å². The first-order valence-corrected chi connectivity index (χ1v) is 4.40. The molecule has 3 nitrogen and oxygen atoms in total. The molecule has 1 rings (SSSR count). The van der Waals surface area contributed by atoms with Crippen LogP contribution in [-0.4, -0.2) is 16.9 Å². The molecule has 0 spiro atoms. The van der Waals surface area contributed by atoms with E-state index >= 15 is 0 Å². The van der Waals surface area contributed by atoms with Gasteiger partial charge < -0.3 is 5.11 Å². The molecule has 0 aliphatic heterocycles. The molecule has 0 bridgehead atoms. The van der Waals surface area contributed by atoms with Crippen molar-refractivity contribution in [2.45, 2.75) is 32.6 Å². The lowest BCUT2D eigenvalue weighted by atomic mass is 9.99. The third-order valence-corrected chi connectivity index (χ3v) is 2.59. The minimum atomic E-state index is -0.749. The van der Waals surface area contributed by atoms with Gasteiger partial charge in [0.15, 0.2) is 0 Å². The van der Waals surface area contributed by atoms with Crippen LogP contribution in [0, 0.1) is 11.8 Å². The average molecular weight is 170 g/mol. The van der Waals surface area contributed by atoms with Gasteiger partial charge in [-0.15, -0.1) is 0 Å². The molecule has 0 heterocycles. The topological polar surface area (TPSA) is 54.4 Å². The van der Waals surface area contributed by atoms with Gasteiger partial charge in [-0.3, -0.25) is 9.59 Å². The summed E-state index contributed by atoms with van der Waals surface area (Å²) in [6.45, 7) is 1.83.